The highest BCUT2D eigenvalue weighted by Crippen LogP contribution is 2.04. The summed E-state index contributed by atoms with van der Waals surface area (Å²) in [5, 5.41) is 0. The molecule has 2 rings (SSSR count). The van der Waals surface area contributed by atoms with E-state index in [2.05, 4.69) is 4.98 Å². The van der Waals surface area contributed by atoms with Crippen LogP contribution in [0.3, 0.4) is 0 Å². The molecule has 108 valence electrons. The minimum absolute atomic E-state index is 0.162. The summed E-state index contributed by atoms with van der Waals surface area (Å²) >= 11 is 0. The molecule has 2 aromatic heterocycles. The maximum Gasteiger partial charge on any atom is 0.332 e. The zero-order valence-electron chi connectivity index (χ0n) is 20.7. The molecule has 0 saturated carbocycles. The molecule has 0 atom stereocenters. The Morgan fingerprint density at radius 1 is 1.45 bits per heavy atom. The molecule has 0 saturated heterocycles. The van der Waals surface area contributed by atoms with Gasteiger partial charge in [0.15, 0.2) is 11.2 Å². The Labute approximate surface area is 129 Å². The lowest BCUT2D eigenvalue weighted by Crippen LogP contribution is -2.39. The van der Waals surface area contributed by atoms with E-state index in [0.29, 0.717) is 0 Å². The molecule has 0 aliphatic heterocycles. The molecule has 0 amide bonds. The van der Waals surface area contributed by atoms with Gasteiger partial charge in [-0.05, 0) is 19.6 Å². The lowest BCUT2D eigenvalue weighted by Gasteiger charge is -2.08. The molecule has 0 fully saturated rings. The van der Waals surface area contributed by atoms with E-state index in [9.17, 15) is 14.4 Å². The Hall–Kier alpha value is -2.18. The number of ketones is 1. The van der Waals surface area contributed by atoms with Gasteiger partial charge in [0.1, 0.15) is 7.15 Å². The molecule has 0 aliphatic carbocycles. The number of carbonyl (C=O) groups excluding carboxylic acids is 1. The number of rotatable bonds is 5. The van der Waals surface area contributed by atoms with Crippen LogP contribution >= 0.6 is 0 Å². The van der Waals surface area contributed by atoms with E-state index in [1.807, 2.05) is 0 Å². The van der Waals surface area contributed by atoms with Crippen LogP contribution in [0.5, 0.6) is 0 Å². The normalized spacial score (nSPS) is 21.3. The topological polar surface area (TPSA) is 78.9 Å². The van der Waals surface area contributed by atoms with Crippen LogP contribution in [-0.2, 0) is 25.4 Å². The second-order valence-electron chi connectivity index (χ2n) is 3.93. The number of aromatic nitrogens is 4. The van der Waals surface area contributed by atoms with Gasteiger partial charge >= 0.3 is 5.69 Å². The average Bonchev–Trinajstić information content (AvgIpc) is 2.90. The van der Waals surface area contributed by atoms with E-state index < -0.39 is 49.5 Å². The van der Waals surface area contributed by atoms with Crippen LogP contribution in [0.1, 0.15) is 39.7 Å². The number of nitrogens with zero attached hydrogens (tertiary/aromatic N) is 4. The third kappa shape index (κ3) is 2.43. The predicted octanol–water partition coefficient (Wildman–Crippen LogP) is 0.193. The summed E-state index contributed by atoms with van der Waals surface area (Å²) in [5.74, 6) is -2.15. The smallest absolute Gasteiger partial charge is 0.328 e. The molecule has 0 aromatic carbocycles. The van der Waals surface area contributed by atoms with E-state index in [-0.39, 0.29) is 22.0 Å². The van der Waals surface area contributed by atoms with Gasteiger partial charge < -0.3 is 9.36 Å². The standard InChI is InChI=1S/C13H18N4O3/c1-9(18)6-4-5-7-17-12(19)10-11(14-8-15(10)2)16(3)13(17)20/h8H,4-7H2,1-3H3/i1D3,4D2,5D2,6D2,8D. The molecule has 0 radical (unpaired) electrons. The first-order valence-corrected chi connectivity index (χ1v) is 5.47. The Kier molecular flexibility index (Phi) is 1.65. The van der Waals surface area contributed by atoms with Gasteiger partial charge in [-0.1, -0.05) is 0 Å². The molecular weight excluding hydrogens is 260 g/mol. The number of fused-ring (bicyclic) bond motifs is 1. The predicted molar refractivity (Wildman–Crippen MR) is 74.7 cm³/mol. The minimum atomic E-state index is -3.80. The summed E-state index contributed by atoms with van der Waals surface area (Å²) in [6.45, 7) is -4.87. The van der Waals surface area contributed by atoms with Crippen molar-refractivity contribution in [1.82, 2.24) is 18.7 Å². The van der Waals surface area contributed by atoms with Gasteiger partial charge in [0.05, 0.1) is 6.30 Å². The van der Waals surface area contributed by atoms with E-state index in [1.165, 1.54) is 14.1 Å². The summed E-state index contributed by atoms with van der Waals surface area (Å²) in [5.41, 5.74) is -2.64. The van der Waals surface area contributed by atoms with Crippen LogP contribution < -0.4 is 11.2 Å². The molecular formula is C13H18N4O3. The second-order valence-corrected chi connectivity index (χ2v) is 3.93. The van der Waals surface area contributed by atoms with Crippen molar-refractivity contribution >= 4 is 16.9 Å². The molecule has 0 N–H and O–H groups in total. The van der Waals surface area contributed by atoms with Gasteiger partial charge in [-0.15, -0.1) is 0 Å². The lowest BCUT2D eigenvalue weighted by molar-refractivity contribution is -0.117. The Morgan fingerprint density at radius 2 is 2.20 bits per heavy atom. The summed E-state index contributed by atoms with van der Waals surface area (Å²) in [6.07, 6.45) is -11.3. The van der Waals surface area contributed by atoms with Gasteiger partial charge in [-0.2, -0.15) is 0 Å². The third-order valence-corrected chi connectivity index (χ3v) is 2.64. The molecule has 0 spiro atoms. The van der Waals surface area contributed by atoms with Crippen LogP contribution in [-0.4, -0.2) is 24.5 Å². The Balaban J connectivity index is 2.68. The first-order valence-electron chi connectivity index (χ1n) is 10.5. The van der Waals surface area contributed by atoms with Crippen LogP contribution in [0.4, 0.5) is 0 Å². The summed E-state index contributed by atoms with van der Waals surface area (Å²) in [7, 11) is 2.49. The third-order valence-electron chi connectivity index (χ3n) is 2.64. The minimum Gasteiger partial charge on any atom is -0.328 e. The number of Topliss-reactive ketones (excluding diaryl/α,β-unsaturated/α-hetero) is 1. The maximum absolute atomic E-state index is 12.7. The number of hydrogen-bond donors (Lipinski definition) is 0. The van der Waals surface area contributed by atoms with Crippen molar-refractivity contribution in [3.63, 3.8) is 0 Å². The van der Waals surface area contributed by atoms with Gasteiger partial charge in [-0.3, -0.25) is 13.9 Å². The molecule has 0 aliphatic rings. The number of imidazole rings is 1. The molecule has 7 heteroatoms. The SMILES string of the molecule is [2H]c1nc2c(c(=O)n(CC([2H])([2H])C([2H])([2H])C([2H])([2H])C(=O)C([2H])([2H])[2H])c(=O)n2C)n1C. The molecule has 0 unspecified atom stereocenters. The highest BCUT2D eigenvalue weighted by Gasteiger charge is 2.14. The quantitative estimate of drug-likeness (QED) is 0.787. The van der Waals surface area contributed by atoms with Crippen molar-refractivity contribution in [2.24, 2.45) is 14.1 Å². The fourth-order valence-electron chi connectivity index (χ4n) is 1.69. The van der Waals surface area contributed by atoms with E-state index in [4.69, 9.17) is 13.7 Å². The Morgan fingerprint density at radius 3 is 2.90 bits per heavy atom. The summed E-state index contributed by atoms with van der Waals surface area (Å²) in [4.78, 5) is 41.0. The van der Waals surface area contributed by atoms with E-state index >= 15 is 0 Å². The fourth-order valence-corrected chi connectivity index (χ4v) is 1.69. The first-order chi connectivity index (χ1) is 13.3. The van der Waals surface area contributed by atoms with Gasteiger partial charge in [-0.25, -0.2) is 9.78 Å². The molecule has 7 nitrogen and oxygen atoms in total. The van der Waals surface area contributed by atoms with Crippen molar-refractivity contribution in [3.05, 3.63) is 27.1 Å². The number of hydrogen-bond acceptors (Lipinski definition) is 4. The van der Waals surface area contributed by atoms with Crippen molar-refractivity contribution in [1.29, 1.82) is 0 Å². The molecule has 2 aromatic rings. The monoisotopic (exact) mass is 288 g/mol. The summed E-state index contributed by atoms with van der Waals surface area (Å²) in [6, 6.07) is 0. The maximum atomic E-state index is 12.7. The van der Waals surface area contributed by atoms with Crippen molar-refractivity contribution in [2.75, 3.05) is 0 Å². The first kappa shape index (κ1) is 6.07. The van der Waals surface area contributed by atoms with Crippen LogP contribution in [0.25, 0.3) is 11.2 Å². The average molecular weight is 288 g/mol. The van der Waals surface area contributed by atoms with Crippen molar-refractivity contribution in [3.8, 4) is 0 Å². The van der Waals surface area contributed by atoms with Crippen LogP contribution in [0.15, 0.2) is 15.9 Å². The van der Waals surface area contributed by atoms with Gasteiger partial charge in [0.25, 0.3) is 5.56 Å². The fraction of sp³-hybridized carbons (Fsp3) is 0.538. The van der Waals surface area contributed by atoms with Crippen LogP contribution in [0, 0.1) is 0 Å². The van der Waals surface area contributed by atoms with Gasteiger partial charge in [0, 0.05) is 39.3 Å². The van der Waals surface area contributed by atoms with Crippen LogP contribution in [0.2, 0.25) is 0 Å². The molecule has 20 heavy (non-hydrogen) atoms. The van der Waals surface area contributed by atoms with Crippen molar-refractivity contribution in [2.45, 2.75) is 32.5 Å². The largest absolute Gasteiger partial charge is 0.332 e. The summed E-state index contributed by atoms with van der Waals surface area (Å²) < 4.78 is 78.0. The molecule has 0 bridgehead atoms. The highest BCUT2D eigenvalue weighted by atomic mass is 16.2. The number of aryl methyl sites for hydroxylation is 2. The van der Waals surface area contributed by atoms with Gasteiger partial charge in [0.2, 0.25) is 0 Å². The van der Waals surface area contributed by atoms with E-state index in [0.717, 1.165) is 9.13 Å². The highest BCUT2D eigenvalue weighted by molar-refractivity contribution is 5.75. The Bertz CT molecular complexity index is 1140. The molecule has 2 heterocycles. The van der Waals surface area contributed by atoms with E-state index in [1.54, 1.807) is 0 Å². The second kappa shape index (κ2) is 5.44. The number of carbonyl (C=O) groups is 1. The van der Waals surface area contributed by atoms with Crippen molar-refractivity contribution < 1.29 is 18.5 Å². The lowest BCUT2D eigenvalue weighted by atomic mass is 10.2. The zero-order valence-corrected chi connectivity index (χ0v) is 10.7. The zero-order chi connectivity index (χ0) is 23.6.